The van der Waals surface area contributed by atoms with Gasteiger partial charge in [0.2, 0.25) is 0 Å². The smallest absolute Gasteiger partial charge is 0.177 e. The highest BCUT2D eigenvalue weighted by Gasteiger charge is 2.21. The van der Waals surface area contributed by atoms with Crippen LogP contribution in [0.2, 0.25) is 0 Å². The largest absolute Gasteiger partial charge is 0.487 e. The molecule has 2 rings (SSSR count). The van der Waals surface area contributed by atoms with E-state index in [4.69, 9.17) is 16.3 Å². The molecular formula is C12H14ClNO2. The van der Waals surface area contributed by atoms with Crippen LogP contribution in [0.5, 0.6) is 5.75 Å². The van der Waals surface area contributed by atoms with E-state index in [2.05, 4.69) is 4.90 Å². The van der Waals surface area contributed by atoms with Gasteiger partial charge in [-0.2, -0.15) is 0 Å². The molecule has 0 saturated carbocycles. The zero-order valence-corrected chi connectivity index (χ0v) is 10.1. The van der Waals surface area contributed by atoms with Crippen LogP contribution >= 0.6 is 11.6 Å². The Kier molecular flexibility index (Phi) is 3.06. The van der Waals surface area contributed by atoms with Crippen molar-refractivity contribution >= 4 is 23.1 Å². The Hall–Kier alpha value is -1.22. The quantitative estimate of drug-likeness (QED) is 0.586. The van der Waals surface area contributed by atoms with Crippen molar-refractivity contribution in [3.63, 3.8) is 0 Å². The molecule has 0 N–H and O–H groups in total. The van der Waals surface area contributed by atoms with Crippen molar-refractivity contribution in [3.8, 4) is 5.75 Å². The van der Waals surface area contributed by atoms with Gasteiger partial charge in [-0.05, 0) is 25.1 Å². The molecular weight excluding hydrogens is 226 g/mol. The van der Waals surface area contributed by atoms with Crippen molar-refractivity contribution in [3.05, 3.63) is 23.8 Å². The fraction of sp³-hybridized carbons (Fsp3) is 0.417. The first-order chi connectivity index (χ1) is 7.61. The molecule has 0 aliphatic carbocycles. The average Bonchev–Trinajstić information content (AvgIpc) is 2.27. The molecule has 0 spiro atoms. The number of benzene rings is 1. The van der Waals surface area contributed by atoms with Crippen LogP contribution in [0.1, 0.15) is 17.3 Å². The number of ketones is 1. The Bertz CT molecular complexity index is 419. The predicted molar refractivity (Wildman–Crippen MR) is 64.9 cm³/mol. The summed E-state index contributed by atoms with van der Waals surface area (Å²) in [5.74, 6) is 0.781. The lowest BCUT2D eigenvalue weighted by Crippen LogP contribution is -2.35. The van der Waals surface area contributed by atoms with E-state index in [-0.39, 0.29) is 17.8 Å². The number of nitrogens with zero attached hydrogens (tertiary/aromatic N) is 1. The number of carbonyl (C=O) groups excluding carboxylic acids is 1. The molecule has 1 unspecified atom stereocenters. The molecule has 0 bridgehead atoms. The summed E-state index contributed by atoms with van der Waals surface area (Å²) < 4.78 is 5.68. The molecule has 1 aromatic rings. The summed E-state index contributed by atoms with van der Waals surface area (Å²) in [4.78, 5) is 13.6. The molecule has 0 radical (unpaired) electrons. The molecule has 1 atom stereocenters. The van der Waals surface area contributed by atoms with Gasteiger partial charge in [0.15, 0.2) is 5.78 Å². The van der Waals surface area contributed by atoms with Crippen molar-refractivity contribution in [1.29, 1.82) is 0 Å². The van der Waals surface area contributed by atoms with E-state index in [1.54, 1.807) is 6.07 Å². The van der Waals surface area contributed by atoms with Gasteiger partial charge >= 0.3 is 0 Å². The molecule has 0 amide bonds. The second-order valence-electron chi connectivity index (χ2n) is 4.05. The van der Waals surface area contributed by atoms with E-state index in [1.165, 1.54) is 0 Å². The van der Waals surface area contributed by atoms with Crippen LogP contribution in [0.3, 0.4) is 0 Å². The number of anilines is 1. The maximum Gasteiger partial charge on any atom is 0.177 e. The first-order valence-electron chi connectivity index (χ1n) is 5.23. The van der Waals surface area contributed by atoms with Gasteiger partial charge in [0.25, 0.3) is 0 Å². The van der Waals surface area contributed by atoms with E-state index >= 15 is 0 Å². The Balaban J connectivity index is 2.38. The van der Waals surface area contributed by atoms with Gasteiger partial charge < -0.3 is 9.64 Å². The summed E-state index contributed by atoms with van der Waals surface area (Å²) in [6, 6.07) is 5.43. The lowest BCUT2D eigenvalue weighted by molar-refractivity contribution is 0.102. The SMILES string of the molecule is CC1CN(C)c2cc(C(=O)CCl)ccc2O1. The summed E-state index contributed by atoms with van der Waals surface area (Å²) in [5, 5.41) is 0. The van der Waals surface area contributed by atoms with Gasteiger partial charge in [-0.25, -0.2) is 0 Å². The minimum absolute atomic E-state index is 0.0137. The number of carbonyl (C=O) groups is 1. The van der Waals surface area contributed by atoms with Crippen LogP contribution in [0, 0.1) is 0 Å². The number of alkyl halides is 1. The second-order valence-corrected chi connectivity index (χ2v) is 4.32. The Morgan fingerprint density at radius 1 is 1.62 bits per heavy atom. The maximum absolute atomic E-state index is 11.5. The molecule has 3 nitrogen and oxygen atoms in total. The number of hydrogen-bond acceptors (Lipinski definition) is 3. The third-order valence-electron chi connectivity index (χ3n) is 2.67. The van der Waals surface area contributed by atoms with E-state index in [1.807, 2.05) is 26.1 Å². The van der Waals surface area contributed by atoms with Crippen molar-refractivity contribution < 1.29 is 9.53 Å². The zero-order valence-electron chi connectivity index (χ0n) is 9.37. The van der Waals surface area contributed by atoms with Gasteiger partial charge in [-0.1, -0.05) is 0 Å². The molecule has 86 valence electrons. The first kappa shape index (κ1) is 11.3. The highest BCUT2D eigenvalue weighted by atomic mass is 35.5. The van der Waals surface area contributed by atoms with Crippen LogP contribution in [-0.4, -0.2) is 31.4 Å². The Morgan fingerprint density at radius 2 is 2.38 bits per heavy atom. The van der Waals surface area contributed by atoms with Gasteiger partial charge in [-0.3, -0.25) is 4.79 Å². The molecule has 1 aliphatic rings. The summed E-state index contributed by atoms with van der Waals surface area (Å²) in [6.07, 6.45) is 0.173. The van der Waals surface area contributed by atoms with Crippen molar-refractivity contribution in [2.75, 3.05) is 24.4 Å². The first-order valence-corrected chi connectivity index (χ1v) is 5.76. The fourth-order valence-electron chi connectivity index (χ4n) is 1.90. The molecule has 16 heavy (non-hydrogen) atoms. The molecule has 1 aliphatic heterocycles. The number of Topliss-reactive ketones (excluding diaryl/α,β-unsaturated/α-hetero) is 1. The second kappa shape index (κ2) is 4.34. The lowest BCUT2D eigenvalue weighted by Gasteiger charge is -2.32. The number of fused-ring (bicyclic) bond motifs is 1. The van der Waals surface area contributed by atoms with Gasteiger partial charge in [-0.15, -0.1) is 11.6 Å². The zero-order chi connectivity index (χ0) is 11.7. The normalized spacial score (nSPS) is 18.9. The van der Waals surface area contributed by atoms with E-state index in [0.29, 0.717) is 5.56 Å². The van der Waals surface area contributed by atoms with Gasteiger partial charge in [0.1, 0.15) is 11.9 Å². The minimum atomic E-state index is -0.0588. The number of halogens is 1. The van der Waals surface area contributed by atoms with Crippen LogP contribution in [0.4, 0.5) is 5.69 Å². The molecule has 1 aromatic carbocycles. The average molecular weight is 240 g/mol. The lowest BCUT2D eigenvalue weighted by atomic mass is 10.1. The summed E-state index contributed by atoms with van der Waals surface area (Å²) in [6.45, 7) is 2.85. The number of rotatable bonds is 2. The third-order valence-corrected chi connectivity index (χ3v) is 2.92. The van der Waals surface area contributed by atoms with Gasteiger partial charge in [0, 0.05) is 12.6 Å². The predicted octanol–water partition coefficient (Wildman–Crippen LogP) is 2.33. The summed E-state index contributed by atoms with van der Waals surface area (Å²) in [5.41, 5.74) is 1.59. The van der Waals surface area contributed by atoms with Crippen molar-refractivity contribution in [2.45, 2.75) is 13.0 Å². The molecule has 1 heterocycles. The van der Waals surface area contributed by atoms with Crippen LogP contribution in [0.25, 0.3) is 0 Å². The van der Waals surface area contributed by atoms with E-state index in [0.717, 1.165) is 18.0 Å². The number of hydrogen-bond donors (Lipinski definition) is 0. The van der Waals surface area contributed by atoms with Gasteiger partial charge in [0.05, 0.1) is 18.1 Å². The monoisotopic (exact) mass is 239 g/mol. The fourth-order valence-corrected chi connectivity index (χ4v) is 2.06. The van der Waals surface area contributed by atoms with Crippen molar-refractivity contribution in [2.24, 2.45) is 0 Å². The van der Waals surface area contributed by atoms with Crippen molar-refractivity contribution in [1.82, 2.24) is 0 Å². The Morgan fingerprint density at radius 3 is 3.06 bits per heavy atom. The minimum Gasteiger partial charge on any atom is -0.487 e. The molecule has 0 saturated heterocycles. The molecule has 0 aromatic heterocycles. The Labute approximate surface area is 100.0 Å². The van der Waals surface area contributed by atoms with E-state index < -0.39 is 0 Å². The molecule has 4 heteroatoms. The summed E-state index contributed by atoms with van der Waals surface area (Å²) in [7, 11) is 1.99. The maximum atomic E-state index is 11.5. The summed E-state index contributed by atoms with van der Waals surface area (Å²) >= 11 is 5.53. The standard InChI is InChI=1S/C12H14ClNO2/c1-8-7-14(2)10-5-9(11(15)6-13)3-4-12(10)16-8/h3-5,8H,6-7H2,1-2H3. The van der Waals surface area contributed by atoms with E-state index in [9.17, 15) is 4.79 Å². The number of likely N-dealkylation sites (N-methyl/N-ethyl adjacent to an activating group) is 1. The highest BCUT2D eigenvalue weighted by molar-refractivity contribution is 6.30. The molecule has 0 fully saturated rings. The topological polar surface area (TPSA) is 29.5 Å². The van der Waals surface area contributed by atoms with Crippen LogP contribution < -0.4 is 9.64 Å². The highest BCUT2D eigenvalue weighted by Crippen LogP contribution is 2.33. The number of ether oxygens (including phenoxy) is 1. The van der Waals surface area contributed by atoms with Crippen LogP contribution in [-0.2, 0) is 0 Å². The van der Waals surface area contributed by atoms with Crippen LogP contribution in [0.15, 0.2) is 18.2 Å². The third kappa shape index (κ3) is 2.00.